The Kier molecular flexibility index (Phi) is 5.26. The van der Waals surface area contributed by atoms with Crippen molar-refractivity contribution >= 4 is 11.4 Å². The van der Waals surface area contributed by atoms with Crippen LogP contribution in [0.5, 0.6) is 0 Å². The second-order valence-electron chi connectivity index (χ2n) is 11.8. The Morgan fingerprint density at radius 3 is 1.85 bits per heavy atom. The number of benzene rings is 5. The molecule has 0 heterocycles. The van der Waals surface area contributed by atoms with Crippen LogP contribution >= 0.6 is 0 Å². The van der Waals surface area contributed by atoms with Crippen LogP contribution in [0.1, 0.15) is 59.4 Å². The van der Waals surface area contributed by atoms with Gasteiger partial charge in [0.15, 0.2) is 0 Å². The van der Waals surface area contributed by atoms with Gasteiger partial charge < -0.3 is 5.32 Å². The standard InChI is InChI=1S/C38H33N/c1-3-9-29(10-4-1)38(30-11-5-2-6-12-30)36-14-8-7-13-33(36)34-22-21-32(25-37(34)38)39-31-19-17-27(18-20-31)35-24-26-15-16-28(35)23-26/h1-14,17-22,25-26,28,35,39H,15-16,23-24H2. The summed E-state index contributed by atoms with van der Waals surface area (Å²) in [7, 11) is 0. The predicted molar refractivity (Wildman–Crippen MR) is 162 cm³/mol. The highest BCUT2D eigenvalue weighted by Crippen LogP contribution is 2.57. The van der Waals surface area contributed by atoms with E-state index >= 15 is 0 Å². The minimum atomic E-state index is -0.363. The summed E-state index contributed by atoms with van der Waals surface area (Å²) in [6.07, 6.45) is 5.73. The zero-order chi connectivity index (χ0) is 25.8. The van der Waals surface area contributed by atoms with Crippen molar-refractivity contribution < 1.29 is 0 Å². The van der Waals surface area contributed by atoms with Gasteiger partial charge in [-0.2, -0.15) is 0 Å². The first-order valence-corrected chi connectivity index (χ1v) is 14.5. The van der Waals surface area contributed by atoms with Gasteiger partial charge >= 0.3 is 0 Å². The molecule has 0 radical (unpaired) electrons. The molecule has 1 N–H and O–H groups in total. The molecule has 0 spiro atoms. The second-order valence-corrected chi connectivity index (χ2v) is 11.8. The summed E-state index contributed by atoms with van der Waals surface area (Å²) in [5, 5.41) is 3.75. The van der Waals surface area contributed by atoms with Crippen LogP contribution in [0.25, 0.3) is 11.1 Å². The van der Waals surface area contributed by atoms with E-state index in [9.17, 15) is 0 Å². The van der Waals surface area contributed by atoms with E-state index in [1.807, 2.05) is 0 Å². The molecule has 0 saturated heterocycles. The molecule has 0 aromatic heterocycles. The first kappa shape index (κ1) is 22.8. The van der Waals surface area contributed by atoms with Crippen molar-refractivity contribution in [2.24, 2.45) is 11.8 Å². The fourth-order valence-electron chi connectivity index (χ4n) is 8.16. The number of hydrogen-bond donors (Lipinski definition) is 1. The first-order chi connectivity index (χ1) is 19.3. The Morgan fingerprint density at radius 1 is 0.538 bits per heavy atom. The lowest BCUT2D eigenvalue weighted by Gasteiger charge is -2.34. The molecular formula is C38H33N. The maximum Gasteiger partial charge on any atom is 0.0714 e. The van der Waals surface area contributed by atoms with Crippen LogP contribution in [0.15, 0.2) is 127 Å². The molecule has 5 aromatic rings. The van der Waals surface area contributed by atoms with Crippen molar-refractivity contribution in [2.75, 3.05) is 5.32 Å². The number of fused-ring (bicyclic) bond motifs is 5. The zero-order valence-electron chi connectivity index (χ0n) is 22.2. The monoisotopic (exact) mass is 503 g/mol. The van der Waals surface area contributed by atoms with Gasteiger partial charge in [-0.3, -0.25) is 0 Å². The Labute approximate surface area is 231 Å². The quantitative estimate of drug-likeness (QED) is 0.247. The van der Waals surface area contributed by atoms with Gasteiger partial charge in [-0.1, -0.05) is 110 Å². The second kappa shape index (κ2) is 8.99. The topological polar surface area (TPSA) is 12.0 Å². The van der Waals surface area contributed by atoms with E-state index in [1.54, 1.807) is 0 Å². The maximum absolute atomic E-state index is 3.75. The van der Waals surface area contributed by atoms with E-state index in [0.717, 1.165) is 29.1 Å². The fraction of sp³-hybridized carbons (Fsp3) is 0.211. The van der Waals surface area contributed by atoms with Gasteiger partial charge in [0, 0.05) is 11.4 Å². The van der Waals surface area contributed by atoms with Crippen molar-refractivity contribution in [3.05, 3.63) is 155 Å². The molecule has 190 valence electrons. The van der Waals surface area contributed by atoms with Crippen molar-refractivity contribution in [3.8, 4) is 11.1 Å². The van der Waals surface area contributed by atoms with Crippen LogP contribution in [0.3, 0.4) is 0 Å². The Hall–Kier alpha value is -4.10. The van der Waals surface area contributed by atoms with E-state index in [0.29, 0.717) is 0 Å². The van der Waals surface area contributed by atoms with Crippen molar-refractivity contribution in [1.29, 1.82) is 0 Å². The highest BCUT2D eigenvalue weighted by Gasteiger charge is 2.46. The van der Waals surface area contributed by atoms with Gasteiger partial charge in [0.05, 0.1) is 5.41 Å². The van der Waals surface area contributed by atoms with Crippen LogP contribution in [-0.4, -0.2) is 0 Å². The molecule has 2 bridgehead atoms. The van der Waals surface area contributed by atoms with Crippen molar-refractivity contribution in [1.82, 2.24) is 0 Å². The van der Waals surface area contributed by atoms with Gasteiger partial charge in [0.25, 0.3) is 0 Å². The summed E-state index contributed by atoms with van der Waals surface area (Å²) in [5.41, 5.74) is 11.4. The molecule has 3 aliphatic rings. The third-order valence-electron chi connectivity index (χ3n) is 9.82. The molecule has 8 rings (SSSR count). The third-order valence-corrected chi connectivity index (χ3v) is 9.82. The van der Waals surface area contributed by atoms with Gasteiger partial charge in [0.1, 0.15) is 0 Å². The lowest BCUT2D eigenvalue weighted by Crippen LogP contribution is -2.28. The van der Waals surface area contributed by atoms with Gasteiger partial charge in [-0.05, 0) is 100 Å². The average Bonchev–Trinajstić information content (AvgIpc) is 3.71. The Bertz CT molecular complexity index is 1590. The summed E-state index contributed by atoms with van der Waals surface area (Å²) in [6, 6.07) is 47.2. The zero-order valence-corrected chi connectivity index (χ0v) is 22.2. The molecule has 1 nitrogen and oxygen atoms in total. The molecular weight excluding hydrogens is 470 g/mol. The Morgan fingerprint density at radius 2 is 1.18 bits per heavy atom. The van der Waals surface area contributed by atoms with Crippen LogP contribution < -0.4 is 5.32 Å². The van der Waals surface area contributed by atoms with Gasteiger partial charge in [-0.25, -0.2) is 0 Å². The molecule has 0 aliphatic heterocycles. The molecule has 3 aliphatic carbocycles. The highest BCUT2D eigenvalue weighted by atomic mass is 14.9. The summed E-state index contributed by atoms with van der Waals surface area (Å²) >= 11 is 0. The largest absolute Gasteiger partial charge is 0.356 e. The third kappa shape index (κ3) is 3.53. The van der Waals surface area contributed by atoms with Crippen molar-refractivity contribution in [2.45, 2.75) is 37.0 Å². The molecule has 39 heavy (non-hydrogen) atoms. The summed E-state index contributed by atoms with van der Waals surface area (Å²) in [4.78, 5) is 0. The smallest absolute Gasteiger partial charge is 0.0714 e. The summed E-state index contributed by atoms with van der Waals surface area (Å²) < 4.78 is 0. The highest BCUT2D eigenvalue weighted by molar-refractivity contribution is 5.88. The lowest BCUT2D eigenvalue weighted by molar-refractivity contribution is 0.420. The molecule has 2 fully saturated rings. The van der Waals surface area contributed by atoms with E-state index in [-0.39, 0.29) is 5.41 Å². The summed E-state index contributed by atoms with van der Waals surface area (Å²) in [6.45, 7) is 0. The molecule has 1 heteroatoms. The average molecular weight is 504 g/mol. The van der Waals surface area contributed by atoms with Crippen LogP contribution in [-0.2, 0) is 5.41 Å². The fourth-order valence-corrected chi connectivity index (χ4v) is 8.16. The van der Waals surface area contributed by atoms with E-state index in [4.69, 9.17) is 0 Å². The van der Waals surface area contributed by atoms with Crippen LogP contribution in [0.4, 0.5) is 11.4 Å². The number of nitrogens with one attached hydrogen (secondary N) is 1. The maximum atomic E-state index is 3.75. The lowest BCUT2D eigenvalue weighted by atomic mass is 9.67. The minimum Gasteiger partial charge on any atom is -0.356 e. The molecule has 3 atom stereocenters. The number of anilines is 2. The molecule has 2 saturated carbocycles. The number of hydrogen-bond acceptors (Lipinski definition) is 1. The SMILES string of the molecule is c1ccc(C2(c3ccccc3)c3ccccc3-c3ccc(Nc4ccc(C5CC6CCC5C6)cc4)cc32)cc1. The molecule has 3 unspecified atom stereocenters. The minimum absolute atomic E-state index is 0.363. The Balaban J connectivity index is 1.22. The normalized spacial score (nSPS) is 21.9. The predicted octanol–water partition coefficient (Wildman–Crippen LogP) is 9.70. The number of rotatable bonds is 5. The van der Waals surface area contributed by atoms with E-state index in [2.05, 4.69) is 133 Å². The van der Waals surface area contributed by atoms with E-state index in [1.165, 1.54) is 64.6 Å². The van der Waals surface area contributed by atoms with Crippen LogP contribution in [0, 0.1) is 11.8 Å². The van der Waals surface area contributed by atoms with Gasteiger partial charge in [-0.15, -0.1) is 0 Å². The van der Waals surface area contributed by atoms with E-state index < -0.39 is 0 Å². The summed E-state index contributed by atoms with van der Waals surface area (Å²) in [5.74, 6) is 2.66. The van der Waals surface area contributed by atoms with Crippen LogP contribution in [0.2, 0.25) is 0 Å². The molecule has 0 amide bonds. The van der Waals surface area contributed by atoms with Crippen molar-refractivity contribution in [3.63, 3.8) is 0 Å². The van der Waals surface area contributed by atoms with Gasteiger partial charge in [0.2, 0.25) is 0 Å². The first-order valence-electron chi connectivity index (χ1n) is 14.5. The molecule has 5 aromatic carbocycles.